The summed E-state index contributed by atoms with van der Waals surface area (Å²) in [5, 5.41) is 13.1. The molecule has 5 heteroatoms. The molecule has 0 saturated carbocycles. The van der Waals surface area contributed by atoms with Gasteiger partial charge in [-0.3, -0.25) is 0 Å². The molecule has 2 aromatic rings. The van der Waals surface area contributed by atoms with Crippen molar-refractivity contribution in [2.45, 2.75) is 26.3 Å². The first kappa shape index (κ1) is 12.6. The highest BCUT2D eigenvalue weighted by Crippen LogP contribution is 2.18. The first-order valence-corrected chi connectivity index (χ1v) is 5.92. The number of nitrogens with two attached hydrogens (primary N) is 1. The van der Waals surface area contributed by atoms with E-state index in [9.17, 15) is 5.11 Å². The van der Waals surface area contributed by atoms with Gasteiger partial charge in [-0.1, -0.05) is 31.1 Å². The fourth-order valence-corrected chi connectivity index (χ4v) is 1.56. The Morgan fingerprint density at radius 3 is 2.56 bits per heavy atom. The van der Waals surface area contributed by atoms with E-state index in [0.717, 1.165) is 5.56 Å². The van der Waals surface area contributed by atoms with Gasteiger partial charge in [-0.2, -0.15) is 4.98 Å². The molecule has 0 aliphatic rings. The van der Waals surface area contributed by atoms with E-state index in [1.165, 1.54) is 0 Å². The highest BCUT2D eigenvalue weighted by Gasteiger charge is 2.17. The molecule has 96 valence electrons. The van der Waals surface area contributed by atoms with Crippen molar-refractivity contribution in [3.63, 3.8) is 0 Å². The van der Waals surface area contributed by atoms with Gasteiger partial charge in [0.25, 0.3) is 0 Å². The summed E-state index contributed by atoms with van der Waals surface area (Å²) in [5.41, 5.74) is 6.95. The SMILES string of the molecule is CC(C)[C@H](N)c1nc(Cc2ccc(O)cc2)no1. The molecule has 0 aliphatic carbocycles. The van der Waals surface area contributed by atoms with Gasteiger partial charge in [-0.05, 0) is 23.6 Å². The summed E-state index contributed by atoms with van der Waals surface area (Å²) in [4.78, 5) is 4.28. The first-order valence-electron chi connectivity index (χ1n) is 5.92. The van der Waals surface area contributed by atoms with Crippen molar-refractivity contribution in [3.05, 3.63) is 41.5 Å². The van der Waals surface area contributed by atoms with E-state index in [0.29, 0.717) is 18.1 Å². The third-order valence-electron chi connectivity index (χ3n) is 2.79. The second-order valence-electron chi connectivity index (χ2n) is 4.66. The number of hydrogen-bond donors (Lipinski definition) is 2. The van der Waals surface area contributed by atoms with Crippen LogP contribution in [0, 0.1) is 5.92 Å². The van der Waals surface area contributed by atoms with Crippen molar-refractivity contribution >= 4 is 0 Å². The van der Waals surface area contributed by atoms with Crippen LogP contribution in [-0.4, -0.2) is 15.2 Å². The number of aromatic hydroxyl groups is 1. The minimum Gasteiger partial charge on any atom is -0.508 e. The van der Waals surface area contributed by atoms with E-state index in [1.807, 2.05) is 26.0 Å². The van der Waals surface area contributed by atoms with Crippen molar-refractivity contribution in [2.24, 2.45) is 11.7 Å². The molecule has 3 N–H and O–H groups in total. The van der Waals surface area contributed by atoms with Gasteiger partial charge in [0.15, 0.2) is 5.82 Å². The van der Waals surface area contributed by atoms with E-state index in [1.54, 1.807) is 12.1 Å². The fraction of sp³-hybridized carbons (Fsp3) is 0.385. The molecule has 1 heterocycles. The van der Waals surface area contributed by atoms with Crippen LogP contribution < -0.4 is 5.73 Å². The number of benzene rings is 1. The average molecular weight is 247 g/mol. The maximum absolute atomic E-state index is 9.19. The van der Waals surface area contributed by atoms with Crippen LogP contribution in [0.4, 0.5) is 0 Å². The van der Waals surface area contributed by atoms with Crippen LogP contribution >= 0.6 is 0 Å². The normalized spacial score (nSPS) is 12.9. The third kappa shape index (κ3) is 2.87. The molecule has 0 aliphatic heterocycles. The third-order valence-corrected chi connectivity index (χ3v) is 2.79. The molecule has 1 aromatic carbocycles. The Hall–Kier alpha value is -1.88. The highest BCUT2D eigenvalue weighted by molar-refractivity contribution is 5.27. The molecule has 5 nitrogen and oxygen atoms in total. The summed E-state index contributed by atoms with van der Waals surface area (Å²) in [6, 6.07) is 6.69. The standard InChI is InChI=1S/C13H17N3O2/c1-8(2)12(14)13-15-11(16-18-13)7-9-3-5-10(17)6-4-9/h3-6,8,12,17H,7,14H2,1-2H3/t12-/m0/s1. The predicted molar refractivity (Wildman–Crippen MR) is 67.0 cm³/mol. The van der Waals surface area contributed by atoms with Gasteiger partial charge in [0.05, 0.1) is 6.04 Å². The Bertz CT molecular complexity index is 505. The minimum absolute atomic E-state index is 0.230. The van der Waals surface area contributed by atoms with E-state index in [-0.39, 0.29) is 17.7 Å². The quantitative estimate of drug-likeness (QED) is 0.863. The molecule has 0 saturated heterocycles. The van der Waals surface area contributed by atoms with Gasteiger partial charge in [0.2, 0.25) is 5.89 Å². The lowest BCUT2D eigenvalue weighted by molar-refractivity contribution is 0.322. The van der Waals surface area contributed by atoms with Crippen LogP contribution in [0.2, 0.25) is 0 Å². The number of rotatable bonds is 4. The maximum Gasteiger partial charge on any atom is 0.243 e. The first-order chi connectivity index (χ1) is 8.56. The van der Waals surface area contributed by atoms with Gasteiger partial charge in [0, 0.05) is 6.42 Å². The molecule has 2 rings (SSSR count). The second-order valence-corrected chi connectivity index (χ2v) is 4.66. The molecule has 0 fully saturated rings. The zero-order valence-electron chi connectivity index (χ0n) is 10.5. The Labute approximate surface area is 106 Å². The van der Waals surface area contributed by atoms with Crippen LogP contribution in [-0.2, 0) is 6.42 Å². The molecular formula is C13H17N3O2. The molecule has 1 atom stereocenters. The lowest BCUT2D eigenvalue weighted by atomic mass is 10.1. The van der Waals surface area contributed by atoms with Crippen LogP contribution in [0.25, 0.3) is 0 Å². The Morgan fingerprint density at radius 1 is 1.28 bits per heavy atom. The predicted octanol–water partition coefficient (Wildman–Crippen LogP) is 2.02. The monoisotopic (exact) mass is 247 g/mol. The van der Waals surface area contributed by atoms with Gasteiger partial charge >= 0.3 is 0 Å². The fourth-order valence-electron chi connectivity index (χ4n) is 1.56. The number of nitrogens with zero attached hydrogens (tertiary/aromatic N) is 2. The van der Waals surface area contributed by atoms with Crippen molar-refractivity contribution in [1.29, 1.82) is 0 Å². The van der Waals surface area contributed by atoms with E-state index in [2.05, 4.69) is 10.1 Å². The van der Waals surface area contributed by atoms with Crippen LogP contribution in [0.15, 0.2) is 28.8 Å². The summed E-state index contributed by atoms with van der Waals surface area (Å²) in [7, 11) is 0. The molecule has 1 aromatic heterocycles. The van der Waals surface area contributed by atoms with Gasteiger partial charge in [-0.15, -0.1) is 0 Å². The van der Waals surface area contributed by atoms with E-state index < -0.39 is 0 Å². The highest BCUT2D eigenvalue weighted by atomic mass is 16.5. The van der Waals surface area contributed by atoms with Gasteiger partial charge in [-0.25, -0.2) is 0 Å². The molecule has 0 amide bonds. The summed E-state index contributed by atoms with van der Waals surface area (Å²) in [6.45, 7) is 4.02. The van der Waals surface area contributed by atoms with Crippen LogP contribution in [0.5, 0.6) is 5.75 Å². The molecule has 0 bridgehead atoms. The zero-order chi connectivity index (χ0) is 13.1. The van der Waals surface area contributed by atoms with Crippen LogP contribution in [0.1, 0.15) is 37.2 Å². The molecule has 0 spiro atoms. The average Bonchev–Trinajstić information content (AvgIpc) is 2.79. The number of phenols is 1. The smallest absolute Gasteiger partial charge is 0.243 e. The largest absolute Gasteiger partial charge is 0.508 e. The number of phenolic OH excluding ortho intramolecular Hbond substituents is 1. The molecule has 0 radical (unpaired) electrons. The van der Waals surface area contributed by atoms with Crippen molar-refractivity contribution < 1.29 is 9.63 Å². The lowest BCUT2D eigenvalue weighted by Gasteiger charge is -2.09. The Balaban J connectivity index is 2.09. The van der Waals surface area contributed by atoms with Crippen molar-refractivity contribution in [2.75, 3.05) is 0 Å². The van der Waals surface area contributed by atoms with Gasteiger partial charge in [0.1, 0.15) is 5.75 Å². The number of aromatic nitrogens is 2. The van der Waals surface area contributed by atoms with Gasteiger partial charge < -0.3 is 15.4 Å². The minimum atomic E-state index is -0.230. The second kappa shape index (κ2) is 5.18. The lowest BCUT2D eigenvalue weighted by Crippen LogP contribution is -2.17. The Morgan fingerprint density at radius 2 is 1.94 bits per heavy atom. The van der Waals surface area contributed by atoms with E-state index in [4.69, 9.17) is 10.3 Å². The molecule has 18 heavy (non-hydrogen) atoms. The van der Waals surface area contributed by atoms with Crippen molar-refractivity contribution in [1.82, 2.24) is 10.1 Å². The summed E-state index contributed by atoms with van der Waals surface area (Å²) in [5.74, 6) is 1.58. The topological polar surface area (TPSA) is 85.2 Å². The molecule has 0 unspecified atom stereocenters. The van der Waals surface area contributed by atoms with Crippen molar-refractivity contribution in [3.8, 4) is 5.75 Å². The molecular weight excluding hydrogens is 230 g/mol. The Kier molecular flexibility index (Phi) is 3.62. The number of hydrogen-bond acceptors (Lipinski definition) is 5. The summed E-state index contributed by atoms with van der Waals surface area (Å²) in [6.07, 6.45) is 0.564. The van der Waals surface area contributed by atoms with E-state index >= 15 is 0 Å². The maximum atomic E-state index is 9.19. The summed E-state index contributed by atoms with van der Waals surface area (Å²) >= 11 is 0. The van der Waals surface area contributed by atoms with Crippen LogP contribution in [0.3, 0.4) is 0 Å². The zero-order valence-corrected chi connectivity index (χ0v) is 10.5. The summed E-state index contributed by atoms with van der Waals surface area (Å²) < 4.78 is 5.15.